The molecule has 23 heavy (non-hydrogen) atoms. The summed E-state index contributed by atoms with van der Waals surface area (Å²) in [5.74, 6) is 0.806. The van der Waals surface area contributed by atoms with Gasteiger partial charge in [-0.2, -0.15) is 0 Å². The highest BCUT2D eigenvalue weighted by Gasteiger charge is 2.26. The molecule has 2 amide bonds. The van der Waals surface area contributed by atoms with Gasteiger partial charge in [-0.15, -0.1) is 11.3 Å². The van der Waals surface area contributed by atoms with E-state index in [2.05, 4.69) is 27.7 Å². The van der Waals surface area contributed by atoms with Crippen molar-refractivity contribution >= 4 is 17.4 Å². The van der Waals surface area contributed by atoms with Crippen LogP contribution in [-0.4, -0.2) is 60.3 Å². The third-order valence-electron chi connectivity index (χ3n) is 4.94. The van der Waals surface area contributed by atoms with Gasteiger partial charge >= 0.3 is 6.03 Å². The summed E-state index contributed by atoms with van der Waals surface area (Å²) < 4.78 is 0. The number of piperidine rings is 1. The predicted molar refractivity (Wildman–Crippen MR) is 92.5 cm³/mol. The summed E-state index contributed by atoms with van der Waals surface area (Å²) >= 11 is 1.82. The Morgan fingerprint density at radius 1 is 1.30 bits per heavy atom. The number of hydrogen-bond donors (Lipinski definition) is 2. The van der Waals surface area contributed by atoms with E-state index in [1.165, 1.54) is 17.7 Å². The zero-order valence-electron chi connectivity index (χ0n) is 13.6. The molecule has 3 heterocycles. The first-order valence-electron chi connectivity index (χ1n) is 8.63. The molecule has 128 valence electrons. The van der Waals surface area contributed by atoms with Gasteiger partial charge in [0.15, 0.2) is 0 Å². The molecule has 2 N–H and O–H groups in total. The normalized spacial score (nSPS) is 25.7. The minimum Gasteiger partial charge on any atom is -0.396 e. The maximum Gasteiger partial charge on any atom is 0.317 e. The maximum absolute atomic E-state index is 12.2. The number of rotatable bonds is 5. The van der Waals surface area contributed by atoms with E-state index in [0.29, 0.717) is 12.5 Å². The average molecular weight is 337 g/mol. The molecule has 2 atom stereocenters. The number of carbonyl (C=O) groups excluding carboxylic acids is 1. The van der Waals surface area contributed by atoms with Crippen molar-refractivity contribution in [2.24, 2.45) is 11.8 Å². The molecule has 2 saturated heterocycles. The molecule has 1 aromatic rings. The largest absolute Gasteiger partial charge is 0.396 e. The van der Waals surface area contributed by atoms with E-state index >= 15 is 0 Å². The molecule has 2 fully saturated rings. The standard InChI is InChI=1S/C17H27N3O2S/c21-13-15-5-7-20(11-15)17(22)18-9-14-3-1-6-19(10-14)12-16-4-2-8-23-16/h2,4,8,14-15,21H,1,3,5-7,9-13H2,(H,18,22). The third kappa shape index (κ3) is 4.68. The molecular formula is C17H27N3O2S. The van der Waals surface area contributed by atoms with Crippen molar-refractivity contribution in [3.8, 4) is 0 Å². The van der Waals surface area contributed by atoms with E-state index in [-0.39, 0.29) is 18.6 Å². The van der Waals surface area contributed by atoms with E-state index in [1.807, 2.05) is 16.2 Å². The Balaban J connectivity index is 1.40. The maximum atomic E-state index is 12.2. The number of hydrogen-bond acceptors (Lipinski definition) is 4. The van der Waals surface area contributed by atoms with Gasteiger partial charge in [-0.3, -0.25) is 4.90 Å². The van der Waals surface area contributed by atoms with Crippen molar-refractivity contribution < 1.29 is 9.90 Å². The van der Waals surface area contributed by atoms with Gasteiger partial charge in [0.1, 0.15) is 0 Å². The number of aliphatic hydroxyl groups is 1. The number of likely N-dealkylation sites (tertiary alicyclic amines) is 2. The van der Waals surface area contributed by atoms with Gasteiger partial charge in [-0.1, -0.05) is 6.07 Å². The zero-order chi connectivity index (χ0) is 16.1. The lowest BCUT2D eigenvalue weighted by atomic mass is 9.98. The molecule has 0 radical (unpaired) electrons. The topological polar surface area (TPSA) is 55.8 Å². The summed E-state index contributed by atoms with van der Waals surface area (Å²) in [5.41, 5.74) is 0. The van der Waals surface area contributed by atoms with Crippen molar-refractivity contribution in [2.45, 2.75) is 25.8 Å². The number of carbonyl (C=O) groups is 1. The lowest BCUT2D eigenvalue weighted by Gasteiger charge is -2.32. The van der Waals surface area contributed by atoms with E-state index in [4.69, 9.17) is 0 Å². The SMILES string of the molecule is O=C(NCC1CCCN(Cc2cccs2)C1)N1CCC(CO)C1. The molecule has 3 rings (SSSR count). The first kappa shape index (κ1) is 16.7. The Kier molecular flexibility index (Phi) is 5.91. The monoisotopic (exact) mass is 337 g/mol. The van der Waals surface area contributed by atoms with Crippen LogP contribution in [0, 0.1) is 11.8 Å². The van der Waals surface area contributed by atoms with Crippen LogP contribution in [0.25, 0.3) is 0 Å². The molecular weight excluding hydrogens is 310 g/mol. The second-order valence-electron chi connectivity index (χ2n) is 6.79. The van der Waals surface area contributed by atoms with Crippen molar-refractivity contribution in [3.05, 3.63) is 22.4 Å². The van der Waals surface area contributed by atoms with Crippen LogP contribution in [-0.2, 0) is 6.54 Å². The quantitative estimate of drug-likeness (QED) is 0.864. The van der Waals surface area contributed by atoms with Crippen LogP contribution in [0.4, 0.5) is 4.79 Å². The molecule has 0 aromatic carbocycles. The highest BCUT2D eigenvalue weighted by Crippen LogP contribution is 2.20. The van der Waals surface area contributed by atoms with Crippen LogP contribution in [0.3, 0.4) is 0 Å². The van der Waals surface area contributed by atoms with Crippen molar-refractivity contribution in [3.63, 3.8) is 0 Å². The molecule has 0 bridgehead atoms. The highest BCUT2D eigenvalue weighted by molar-refractivity contribution is 7.09. The zero-order valence-corrected chi connectivity index (χ0v) is 14.4. The molecule has 0 saturated carbocycles. The number of aliphatic hydroxyl groups excluding tert-OH is 1. The first-order valence-corrected chi connectivity index (χ1v) is 9.51. The van der Waals surface area contributed by atoms with Gasteiger partial charge in [-0.05, 0) is 43.2 Å². The first-order chi connectivity index (χ1) is 11.2. The Labute approximate surface area is 142 Å². The van der Waals surface area contributed by atoms with Gasteiger partial charge in [0, 0.05) is 50.1 Å². The minimum absolute atomic E-state index is 0.0383. The van der Waals surface area contributed by atoms with Gasteiger partial charge in [-0.25, -0.2) is 4.79 Å². The molecule has 2 aliphatic rings. The van der Waals surface area contributed by atoms with E-state index in [9.17, 15) is 9.90 Å². The van der Waals surface area contributed by atoms with Gasteiger partial charge < -0.3 is 15.3 Å². The summed E-state index contributed by atoms with van der Waals surface area (Å²) in [6, 6.07) is 4.34. The van der Waals surface area contributed by atoms with E-state index in [1.54, 1.807) is 0 Å². The van der Waals surface area contributed by atoms with Crippen LogP contribution < -0.4 is 5.32 Å². The van der Waals surface area contributed by atoms with Crippen molar-refractivity contribution in [2.75, 3.05) is 39.3 Å². The fourth-order valence-corrected chi connectivity index (χ4v) is 4.34. The number of nitrogens with one attached hydrogen (secondary N) is 1. The van der Waals surface area contributed by atoms with Crippen LogP contribution in [0.2, 0.25) is 0 Å². The van der Waals surface area contributed by atoms with E-state index < -0.39 is 0 Å². The number of amides is 2. The van der Waals surface area contributed by atoms with Crippen LogP contribution in [0.1, 0.15) is 24.1 Å². The van der Waals surface area contributed by atoms with Gasteiger partial charge in [0.25, 0.3) is 0 Å². The van der Waals surface area contributed by atoms with Crippen LogP contribution in [0.5, 0.6) is 0 Å². The van der Waals surface area contributed by atoms with Crippen LogP contribution in [0.15, 0.2) is 17.5 Å². The number of nitrogens with zero attached hydrogens (tertiary/aromatic N) is 2. The summed E-state index contributed by atoms with van der Waals surface area (Å²) in [5, 5.41) is 14.4. The Morgan fingerprint density at radius 2 is 2.22 bits per heavy atom. The van der Waals surface area contributed by atoms with Crippen LogP contribution >= 0.6 is 11.3 Å². The molecule has 0 spiro atoms. The second-order valence-corrected chi connectivity index (χ2v) is 7.82. The van der Waals surface area contributed by atoms with Crippen molar-refractivity contribution in [1.29, 1.82) is 0 Å². The molecule has 6 heteroatoms. The smallest absolute Gasteiger partial charge is 0.317 e. The Hall–Kier alpha value is -1.11. The second kappa shape index (κ2) is 8.13. The van der Waals surface area contributed by atoms with Crippen molar-refractivity contribution in [1.82, 2.24) is 15.1 Å². The average Bonchev–Trinajstić information content (AvgIpc) is 3.24. The summed E-state index contributed by atoms with van der Waals surface area (Å²) in [4.78, 5) is 18.0. The van der Waals surface area contributed by atoms with Gasteiger partial charge in [0.05, 0.1) is 0 Å². The lowest BCUT2D eigenvalue weighted by molar-refractivity contribution is 0.161. The molecule has 0 aliphatic carbocycles. The summed E-state index contributed by atoms with van der Waals surface area (Å²) in [6.45, 7) is 5.67. The van der Waals surface area contributed by atoms with Gasteiger partial charge in [0.2, 0.25) is 0 Å². The fraction of sp³-hybridized carbons (Fsp3) is 0.706. The molecule has 1 aromatic heterocycles. The Bertz CT molecular complexity index is 494. The predicted octanol–water partition coefficient (Wildman–Crippen LogP) is 1.98. The number of thiophene rings is 1. The number of urea groups is 1. The minimum atomic E-state index is 0.0383. The molecule has 2 unspecified atom stereocenters. The third-order valence-corrected chi connectivity index (χ3v) is 5.80. The fourth-order valence-electron chi connectivity index (χ4n) is 3.59. The summed E-state index contributed by atoms with van der Waals surface area (Å²) in [7, 11) is 0. The highest BCUT2D eigenvalue weighted by atomic mass is 32.1. The molecule has 5 nitrogen and oxygen atoms in total. The summed E-state index contributed by atoms with van der Waals surface area (Å²) in [6.07, 6.45) is 3.32. The Morgan fingerprint density at radius 3 is 2.96 bits per heavy atom. The molecule has 2 aliphatic heterocycles. The lowest BCUT2D eigenvalue weighted by Crippen LogP contribution is -2.44. The van der Waals surface area contributed by atoms with E-state index in [0.717, 1.165) is 39.1 Å².